The minimum Gasteiger partial charge on any atom is -0.351 e. The topological polar surface area (TPSA) is 87.5 Å². The molecule has 0 heterocycles. The summed E-state index contributed by atoms with van der Waals surface area (Å²) >= 11 is 0. The maximum absolute atomic E-state index is 12.4. The van der Waals surface area contributed by atoms with E-state index in [4.69, 9.17) is 5.73 Å². The summed E-state index contributed by atoms with van der Waals surface area (Å²) in [4.78, 5) is 27.0. The molecule has 0 saturated heterocycles. The average molecular weight is 361 g/mol. The molecule has 144 valence electrons. The van der Waals surface area contributed by atoms with Gasteiger partial charge in [-0.25, -0.2) is 0 Å². The number of hydrogen-bond acceptors (Lipinski definition) is 4. The number of nitrogens with one attached hydrogen (secondary N) is 2. The van der Waals surface area contributed by atoms with E-state index in [1.807, 2.05) is 6.07 Å². The van der Waals surface area contributed by atoms with Gasteiger partial charge in [-0.15, -0.1) is 0 Å². The summed E-state index contributed by atoms with van der Waals surface area (Å²) in [7, 11) is 0. The SMILES string of the molecule is CCN(CC)CCNC(=O)c1cccc(NC(=O)C2CCCC(N)C2)c1. The summed E-state index contributed by atoms with van der Waals surface area (Å²) in [6.07, 6.45) is 3.60. The number of carbonyl (C=O) groups is 2. The zero-order valence-electron chi connectivity index (χ0n) is 16.0. The standard InChI is InChI=1S/C20H32N4O2/c1-3-24(4-2)12-11-22-19(25)16-8-6-10-18(14-16)23-20(26)15-7-5-9-17(21)13-15/h6,8,10,14-15,17H,3-5,7,9,11-13,21H2,1-2H3,(H,22,25)(H,23,26). The Morgan fingerprint density at radius 2 is 2.00 bits per heavy atom. The number of amides is 2. The lowest BCUT2D eigenvalue weighted by Crippen LogP contribution is -2.35. The van der Waals surface area contributed by atoms with Crippen molar-refractivity contribution in [3.63, 3.8) is 0 Å². The molecular weight excluding hydrogens is 328 g/mol. The van der Waals surface area contributed by atoms with Crippen LogP contribution in [0.4, 0.5) is 5.69 Å². The number of rotatable bonds is 8. The van der Waals surface area contributed by atoms with E-state index >= 15 is 0 Å². The number of nitrogens with two attached hydrogens (primary N) is 1. The third-order valence-corrected chi connectivity index (χ3v) is 5.09. The summed E-state index contributed by atoms with van der Waals surface area (Å²) in [6, 6.07) is 7.21. The predicted octanol–water partition coefficient (Wildman–Crippen LogP) is 2.21. The normalized spacial score (nSPS) is 20.0. The van der Waals surface area contributed by atoms with Crippen molar-refractivity contribution in [3.05, 3.63) is 29.8 Å². The zero-order chi connectivity index (χ0) is 18.9. The molecule has 0 aliphatic heterocycles. The van der Waals surface area contributed by atoms with Gasteiger partial charge in [0.05, 0.1) is 0 Å². The van der Waals surface area contributed by atoms with Gasteiger partial charge in [0.15, 0.2) is 0 Å². The molecule has 0 spiro atoms. The van der Waals surface area contributed by atoms with E-state index in [2.05, 4.69) is 29.4 Å². The molecule has 2 rings (SSSR count). The van der Waals surface area contributed by atoms with Crippen molar-refractivity contribution in [1.82, 2.24) is 10.2 Å². The van der Waals surface area contributed by atoms with Crippen LogP contribution >= 0.6 is 0 Å². The second-order valence-corrected chi connectivity index (χ2v) is 6.98. The van der Waals surface area contributed by atoms with Crippen LogP contribution in [0.25, 0.3) is 0 Å². The van der Waals surface area contributed by atoms with Gasteiger partial charge in [0.25, 0.3) is 5.91 Å². The first kappa shape index (κ1) is 20.4. The van der Waals surface area contributed by atoms with Crippen LogP contribution in [0.3, 0.4) is 0 Å². The Labute approximate surface area is 156 Å². The second-order valence-electron chi connectivity index (χ2n) is 6.98. The monoisotopic (exact) mass is 360 g/mol. The molecule has 1 aliphatic rings. The first-order chi connectivity index (χ1) is 12.5. The zero-order valence-corrected chi connectivity index (χ0v) is 16.0. The van der Waals surface area contributed by atoms with Crippen LogP contribution in [0.1, 0.15) is 49.9 Å². The molecule has 26 heavy (non-hydrogen) atoms. The highest BCUT2D eigenvalue weighted by atomic mass is 16.2. The molecule has 1 aromatic carbocycles. The Bertz CT molecular complexity index is 601. The Balaban J connectivity index is 1.88. The van der Waals surface area contributed by atoms with Crippen LogP contribution in [0, 0.1) is 5.92 Å². The largest absolute Gasteiger partial charge is 0.351 e. The molecule has 0 radical (unpaired) electrons. The summed E-state index contributed by atoms with van der Waals surface area (Å²) in [5, 5.41) is 5.88. The summed E-state index contributed by atoms with van der Waals surface area (Å²) in [5.41, 5.74) is 7.19. The third-order valence-electron chi connectivity index (χ3n) is 5.09. The van der Waals surface area contributed by atoms with Gasteiger partial charge >= 0.3 is 0 Å². The van der Waals surface area contributed by atoms with Gasteiger partial charge in [-0.1, -0.05) is 26.3 Å². The van der Waals surface area contributed by atoms with Crippen LogP contribution in [0.15, 0.2) is 24.3 Å². The van der Waals surface area contributed by atoms with Gasteiger partial charge in [-0.2, -0.15) is 0 Å². The molecule has 6 nitrogen and oxygen atoms in total. The third kappa shape index (κ3) is 6.11. The molecule has 1 aromatic rings. The van der Waals surface area contributed by atoms with Crippen molar-refractivity contribution in [1.29, 1.82) is 0 Å². The van der Waals surface area contributed by atoms with E-state index in [1.165, 1.54) is 0 Å². The number of hydrogen-bond donors (Lipinski definition) is 3. The number of nitrogens with zero attached hydrogens (tertiary/aromatic N) is 1. The molecule has 6 heteroatoms. The average Bonchev–Trinajstić information content (AvgIpc) is 2.65. The molecular formula is C20H32N4O2. The van der Waals surface area contributed by atoms with E-state index in [-0.39, 0.29) is 23.8 Å². The highest BCUT2D eigenvalue weighted by Crippen LogP contribution is 2.24. The van der Waals surface area contributed by atoms with Crippen LogP contribution in [-0.4, -0.2) is 48.9 Å². The fourth-order valence-electron chi connectivity index (χ4n) is 3.42. The highest BCUT2D eigenvalue weighted by Gasteiger charge is 2.25. The first-order valence-corrected chi connectivity index (χ1v) is 9.70. The van der Waals surface area contributed by atoms with E-state index in [0.717, 1.165) is 45.3 Å². The quantitative estimate of drug-likeness (QED) is 0.663. The number of anilines is 1. The molecule has 2 unspecified atom stereocenters. The second kappa shape index (κ2) is 10.3. The van der Waals surface area contributed by atoms with Gasteiger partial charge in [-0.05, 0) is 50.6 Å². The lowest BCUT2D eigenvalue weighted by Gasteiger charge is -2.25. The molecule has 0 bridgehead atoms. The molecule has 0 aromatic heterocycles. The Kier molecular flexibility index (Phi) is 8.06. The van der Waals surface area contributed by atoms with Gasteiger partial charge in [0.1, 0.15) is 0 Å². The van der Waals surface area contributed by atoms with Gasteiger partial charge in [0.2, 0.25) is 5.91 Å². The fraction of sp³-hybridized carbons (Fsp3) is 0.600. The Morgan fingerprint density at radius 1 is 1.23 bits per heavy atom. The molecule has 2 atom stereocenters. The lowest BCUT2D eigenvalue weighted by molar-refractivity contribution is -0.120. The van der Waals surface area contributed by atoms with Crippen molar-refractivity contribution in [2.75, 3.05) is 31.5 Å². The fourth-order valence-corrected chi connectivity index (χ4v) is 3.42. The van der Waals surface area contributed by atoms with E-state index in [1.54, 1.807) is 18.2 Å². The summed E-state index contributed by atoms with van der Waals surface area (Å²) < 4.78 is 0. The number of likely N-dealkylation sites (N-methyl/N-ethyl adjacent to an activating group) is 1. The minimum absolute atomic E-state index is 0.000702. The van der Waals surface area contributed by atoms with E-state index < -0.39 is 0 Å². The van der Waals surface area contributed by atoms with Crippen molar-refractivity contribution in [2.24, 2.45) is 11.7 Å². The number of carbonyl (C=O) groups excluding carboxylic acids is 2. The molecule has 1 saturated carbocycles. The van der Waals surface area contributed by atoms with Crippen LogP contribution in [-0.2, 0) is 4.79 Å². The van der Waals surface area contributed by atoms with E-state index in [9.17, 15) is 9.59 Å². The Hall–Kier alpha value is -1.92. The first-order valence-electron chi connectivity index (χ1n) is 9.70. The Morgan fingerprint density at radius 3 is 2.69 bits per heavy atom. The lowest BCUT2D eigenvalue weighted by atomic mass is 9.85. The molecule has 2 amide bonds. The van der Waals surface area contributed by atoms with Crippen molar-refractivity contribution in [3.8, 4) is 0 Å². The maximum Gasteiger partial charge on any atom is 0.251 e. The maximum atomic E-state index is 12.4. The smallest absolute Gasteiger partial charge is 0.251 e. The van der Waals surface area contributed by atoms with Crippen molar-refractivity contribution < 1.29 is 9.59 Å². The van der Waals surface area contributed by atoms with Gasteiger partial charge < -0.3 is 21.3 Å². The molecule has 4 N–H and O–H groups in total. The van der Waals surface area contributed by atoms with Crippen LogP contribution in [0.5, 0.6) is 0 Å². The minimum atomic E-state index is -0.118. The summed E-state index contributed by atoms with van der Waals surface area (Å²) in [5.74, 6) is -0.155. The van der Waals surface area contributed by atoms with Crippen molar-refractivity contribution in [2.45, 2.75) is 45.6 Å². The summed E-state index contributed by atoms with van der Waals surface area (Å²) in [6.45, 7) is 7.60. The molecule has 1 fully saturated rings. The van der Waals surface area contributed by atoms with Crippen molar-refractivity contribution >= 4 is 17.5 Å². The van der Waals surface area contributed by atoms with Crippen LogP contribution in [0.2, 0.25) is 0 Å². The number of benzene rings is 1. The molecule has 1 aliphatic carbocycles. The predicted molar refractivity (Wildman–Crippen MR) is 105 cm³/mol. The highest BCUT2D eigenvalue weighted by molar-refractivity contribution is 5.97. The van der Waals surface area contributed by atoms with E-state index in [0.29, 0.717) is 17.8 Å². The van der Waals surface area contributed by atoms with Gasteiger partial charge in [0, 0.05) is 36.3 Å². The van der Waals surface area contributed by atoms with Crippen LogP contribution < -0.4 is 16.4 Å². The van der Waals surface area contributed by atoms with Gasteiger partial charge in [-0.3, -0.25) is 9.59 Å².